The summed E-state index contributed by atoms with van der Waals surface area (Å²) in [5.74, 6) is 0.727. The highest BCUT2D eigenvalue weighted by Gasteiger charge is 2.24. The molecule has 2 aromatic rings. The van der Waals surface area contributed by atoms with E-state index in [0.717, 1.165) is 11.1 Å². The molecule has 0 amide bonds. The van der Waals surface area contributed by atoms with Crippen molar-refractivity contribution in [2.24, 2.45) is 5.10 Å². The highest BCUT2D eigenvalue weighted by molar-refractivity contribution is 7.14. The number of nitrogens with zero attached hydrogens (tertiary/aromatic N) is 2. The van der Waals surface area contributed by atoms with Crippen LogP contribution in [0.2, 0.25) is 0 Å². The van der Waals surface area contributed by atoms with Gasteiger partial charge in [-0.05, 0) is 22.5 Å². The minimum Gasteiger partial charge on any atom is -0.507 e. The molecule has 0 fully saturated rings. The first kappa shape index (κ1) is 18.3. The fraction of sp³-hybridized carbons (Fsp3) is 0.444. The molecule has 0 bridgehead atoms. The van der Waals surface area contributed by atoms with Crippen LogP contribution < -0.4 is 11.2 Å². The summed E-state index contributed by atoms with van der Waals surface area (Å²) in [5, 5.41) is 17.2. The van der Waals surface area contributed by atoms with Crippen LogP contribution >= 0.6 is 11.3 Å². The number of benzene rings is 1. The number of hydrazone groups is 1. The van der Waals surface area contributed by atoms with Crippen molar-refractivity contribution in [2.45, 2.75) is 52.4 Å². The van der Waals surface area contributed by atoms with E-state index in [1.807, 2.05) is 6.07 Å². The number of aromatic hydroxyl groups is 1. The number of thiazole rings is 1. The molecule has 24 heavy (non-hydrogen) atoms. The zero-order chi connectivity index (χ0) is 18.1. The SMILES string of the molecule is CC(C)(C)c1cc(C=NNc2nc(N)cs2)c(O)c(C(C)(C)C)c1. The van der Waals surface area contributed by atoms with Gasteiger partial charge in [-0.1, -0.05) is 47.6 Å². The smallest absolute Gasteiger partial charge is 0.205 e. The van der Waals surface area contributed by atoms with Crippen LogP contribution in [0.3, 0.4) is 0 Å². The second-order valence-electron chi connectivity index (χ2n) is 7.91. The molecule has 6 heteroatoms. The molecule has 4 N–H and O–H groups in total. The minimum atomic E-state index is -0.162. The van der Waals surface area contributed by atoms with Gasteiger partial charge >= 0.3 is 0 Å². The Hall–Kier alpha value is -2.08. The maximum Gasteiger partial charge on any atom is 0.205 e. The molecule has 0 radical (unpaired) electrons. The Morgan fingerprint density at radius 3 is 2.33 bits per heavy atom. The Morgan fingerprint density at radius 1 is 1.17 bits per heavy atom. The lowest BCUT2D eigenvalue weighted by molar-refractivity contribution is 0.444. The number of rotatable bonds is 3. The molecule has 130 valence electrons. The van der Waals surface area contributed by atoms with Gasteiger partial charge < -0.3 is 10.8 Å². The number of hydrogen-bond donors (Lipinski definition) is 3. The third kappa shape index (κ3) is 4.26. The first-order valence-electron chi connectivity index (χ1n) is 7.86. The Bertz CT molecular complexity index is 751. The molecular weight excluding hydrogens is 320 g/mol. The number of nitrogens with two attached hydrogens (primary N) is 1. The molecule has 0 saturated carbocycles. The number of aromatic nitrogens is 1. The van der Waals surface area contributed by atoms with Crippen molar-refractivity contribution in [1.29, 1.82) is 0 Å². The van der Waals surface area contributed by atoms with Crippen molar-refractivity contribution in [3.8, 4) is 5.75 Å². The van der Waals surface area contributed by atoms with Crippen molar-refractivity contribution in [3.63, 3.8) is 0 Å². The van der Waals surface area contributed by atoms with Crippen molar-refractivity contribution in [1.82, 2.24) is 4.98 Å². The van der Waals surface area contributed by atoms with Gasteiger partial charge in [0.2, 0.25) is 5.13 Å². The molecule has 0 aliphatic rings. The largest absolute Gasteiger partial charge is 0.507 e. The van der Waals surface area contributed by atoms with E-state index in [2.05, 4.69) is 63.1 Å². The van der Waals surface area contributed by atoms with Crippen LogP contribution in [0.25, 0.3) is 0 Å². The van der Waals surface area contributed by atoms with Crippen LogP contribution in [0, 0.1) is 0 Å². The maximum atomic E-state index is 10.7. The lowest BCUT2D eigenvalue weighted by atomic mass is 9.79. The van der Waals surface area contributed by atoms with Gasteiger partial charge in [0, 0.05) is 16.5 Å². The van der Waals surface area contributed by atoms with E-state index >= 15 is 0 Å². The fourth-order valence-corrected chi connectivity index (χ4v) is 2.80. The fourth-order valence-electron chi connectivity index (χ4n) is 2.25. The summed E-state index contributed by atoms with van der Waals surface area (Å²) < 4.78 is 0. The molecule has 0 unspecified atom stereocenters. The molecule has 0 aliphatic carbocycles. The molecule has 5 nitrogen and oxygen atoms in total. The van der Waals surface area contributed by atoms with E-state index in [-0.39, 0.29) is 16.6 Å². The third-order valence-corrected chi connectivity index (χ3v) is 4.46. The zero-order valence-electron chi connectivity index (χ0n) is 15.1. The predicted molar refractivity (Wildman–Crippen MR) is 103 cm³/mol. The van der Waals surface area contributed by atoms with E-state index in [1.165, 1.54) is 11.3 Å². The second kappa shape index (κ2) is 6.43. The van der Waals surface area contributed by atoms with Crippen LogP contribution in [0.5, 0.6) is 5.75 Å². The van der Waals surface area contributed by atoms with Gasteiger partial charge in [0.05, 0.1) is 6.21 Å². The van der Waals surface area contributed by atoms with Gasteiger partial charge in [0.15, 0.2) is 0 Å². The zero-order valence-corrected chi connectivity index (χ0v) is 16.0. The van der Waals surface area contributed by atoms with Crippen LogP contribution in [-0.4, -0.2) is 16.3 Å². The summed E-state index contributed by atoms with van der Waals surface area (Å²) in [5.41, 5.74) is 11.0. The van der Waals surface area contributed by atoms with Crippen molar-refractivity contribution < 1.29 is 5.11 Å². The maximum absolute atomic E-state index is 10.7. The average molecular weight is 347 g/mol. The predicted octanol–water partition coefficient (Wildman–Crippen LogP) is 4.47. The molecule has 0 atom stereocenters. The van der Waals surface area contributed by atoms with E-state index in [0.29, 0.717) is 16.5 Å². The van der Waals surface area contributed by atoms with Gasteiger partial charge in [-0.25, -0.2) is 4.98 Å². The topological polar surface area (TPSA) is 83.5 Å². The molecule has 0 spiro atoms. The highest BCUT2D eigenvalue weighted by atomic mass is 32.1. The lowest BCUT2D eigenvalue weighted by Crippen LogP contribution is -2.17. The van der Waals surface area contributed by atoms with Crippen LogP contribution in [0.15, 0.2) is 22.6 Å². The van der Waals surface area contributed by atoms with Crippen molar-refractivity contribution in [3.05, 3.63) is 34.2 Å². The first-order chi connectivity index (χ1) is 11.0. The monoisotopic (exact) mass is 346 g/mol. The van der Waals surface area contributed by atoms with E-state index in [1.54, 1.807) is 11.6 Å². The van der Waals surface area contributed by atoms with Gasteiger partial charge in [0.25, 0.3) is 0 Å². The first-order valence-corrected chi connectivity index (χ1v) is 8.74. The Kier molecular flexibility index (Phi) is 4.90. The van der Waals surface area contributed by atoms with Crippen molar-refractivity contribution in [2.75, 3.05) is 11.2 Å². The summed E-state index contributed by atoms with van der Waals surface area (Å²) in [6.07, 6.45) is 1.62. The molecule has 1 aromatic carbocycles. The Labute approximate surface area is 147 Å². The molecule has 1 heterocycles. The molecule has 0 aliphatic heterocycles. The minimum absolute atomic E-state index is 0.0204. The van der Waals surface area contributed by atoms with E-state index in [9.17, 15) is 5.11 Å². The van der Waals surface area contributed by atoms with Gasteiger partial charge in [-0.2, -0.15) is 5.10 Å². The quantitative estimate of drug-likeness (QED) is 0.565. The van der Waals surface area contributed by atoms with Gasteiger partial charge in [-0.3, -0.25) is 5.43 Å². The summed E-state index contributed by atoms with van der Waals surface area (Å²) >= 11 is 1.38. The number of phenols is 1. The molecule has 2 rings (SSSR count). The summed E-state index contributed by atoms with van der Waals surface area (Å²) in [7, 11) is 0. The molecule has 1 aromatic heterocycles. The lowest BCUT2D eigenvalue weighted by Gasteiger charge is -2.26. The summed E-state index contributed by atoms with van der Waals surface area (Å²) in [6, 6.07) is 4.06. The molecular formula is C18H26N4OS. The number of nitrogen functional groups attached to an aromatic ring is 1. The number of anilines is 2. The normalized spacial score (nSPS) is 12.8. The molecule has 0 saturated heterocycles. The standard InChI is InChI=1S/C18H26N4OS/c1-17(2,3)12-7-11(15(23)13(8-12)18(4,5)6)9-20-22-16-21-14(19)10-24-16/h7-10,23H,19H2,1-6H3,(H,21,22). The number of phenolic OH excluding ortho intramolecular Hbond substituents is 1. The van der Waals surface area contributed by atoms with Crippen molar-refractivity contribution >= 4 is 28.5 Å². The van der Waals surface area contributed by atoms with E-state index in [4.69, 9.17) is 5.73 Å². The number of nitrogens with one attached hydrogen (secondary N) is 1. The summed E-state index contributed by atoms with van der Waals surface area (Å²) in [6.45, 7) is 12.7. The van der Waals surface area contributed by atoms with E-state index < -0.39 is 0 Å². The highest BCUT2D eigenvalue weighted by Crippen LogP contribution is 2.37. The Morgan fingerprint density at radius 2 is 1.83 bits per heavy atom. The number of hydrogen-bond acceptors (Lipinski definition) is 6. The average Bonchev–Trinajstić information content (AvgIpc) is 2.83. The van der Waals surface area contributed by atoms with Gasteiger partial charge in [-0.15, -0.1) is 11.3 Å². The summed E-state index contributed by atoms with van der Waals surface area (Å²) in [4.78, 5) is 4.09. The van der Waals surface area contributed by atoms with Gasteiger partial charge in [0.1, 0.15) is 11.6 Å². The third-order valence-electron chi connectivity index (χ3n) is 3.70. The van der Waals surface area contributed by atoms with Crippen LogP contribution in [-0.2, 0) is 10.8 Å². The second-order valence-corrected chi connectivity index (χ2v) is 8.77. The Balaban J connectivity index is 2.40. The van der Waals surface area contributed by atoms with Crippen LogP contribution in [0.4, 0.5) is 10.9 Å². The van der Waals surface area contributed by atoms with Crippen LogP contribution in [0.1, 0.15) is 58.2 Å².